The third-order valence-electron chi connectivity index (χ3n) is 4.38. The highest BCUT2D eigenvalue weighted by Crippen LogP contribution is 2.39. The van der Waals surface area contributed by atoms with Crippen molar-refractivity contribution in [2.24, 2.45) is 11.7 Å². The molecule has 0 saturated heterocycles. The van der Waals surface area contributed by atoms with Crippen LogP contribution in [0, 0.1) is 11.1 Å². The number of carbonyl (C=O) groups is 3. The molecule has 2 heterocycles. The van der Waals surface area contributed by atoms with Gasteiger partial charge >= 0.3 is 5.97 Å². The molecule has 2 amide bonds. The molecule has 0 bridgehead atoms. The number of hydrogen-bond acceptors (Lipinski definition) is 6. The van der Waals surface area contributed by atoms with Crippen LogP contribution in [0.25, 0.3) is 0 Å². The van der Waals surface area contributed by atoms with Crippen LogP contribution >= 0.6 is 11.3 Å². The van der Waals surface area contributed by atoms with Crippen LogP contribution in [0.4, 0.5) is 5.00 Å². The largest absolute Gasteiger partial charge is 0.619 e. The van der Waals surface area contributed by atoms with Gasteiger partial charge in [-0.3, -0.25) is 9.59 Å². The summed E-state index contributed by atoms with van der Waals surface area (Å²) in [7, 11) is 0. The lowest BCUT2D eigenvalue weighted by Gasteiger charge is -2.18. The monoisotopic (exact) mass is 389 g/mol. The average molecular weight is 389 g/mol. The second kappa shape index (κ2) is 7.75. The van der Waals surface area contributed by atoms with E-state index in [0.717, 1.165) is 42.1 Å². The first-order chi connectivity index (χ1) is 12.8. The fraction of sp³-hybridized carbons (Fsp3) is 0.333. The molecule has 3 N–H and O–H groups in total. The van der Waals surface area contributed by atoms with Crippen molar-refractivity contribution in [1.29, 1.82) is 0 Å². The summed E-state index contributed by atoms with van der Waals surface area (Å²) >= 11 is 1.34. The third-order valence-corrected chi connectivity index (χ3v) is 5.55. The zero-order valence-corrected chi connectivity index (χ0v) is 15.5. The van der Waals surface area contributed by atoms with Crippen molar-refractivity contribution in [2.45, 2.75) is 26.2 Å². The number of thiophene rings is 1. The molecule has 0 radical (unpaired) electrons. The molecule has 0 aromatic carbocycles. The van der Waals surface area contributed by atoms with Crippen LogP contribution in [0.1, 0.15) is 44.5 Å². The fourth-order valence-electron chi connectivity index (χ4n) is 3.03. The minimum atomic E-state index is -0.722. The second-order valence-electron chi connectivity index (χ2n) is 6.49. The first-order valence-electron chi connectivity index (χ1n) is 8.45. The second-order valence-corrected chi connectivity index (χ2v) is 7.60. The Hall–Kier alpha value is -2.94. The minimum absolute atomic E-state index is 0.160. The summed E-state index contributed by atoms with van der Waals surface area (Å²) in [5.41, 5.74) is 6.93. The number of fused-ring (bicyclic) bond motifs is 1. The fourth-order valence-corrected chi connectivity index (χ4v) is 4.46. The van der Waals surface area contributed by atoms with Gasteiger partial charge in [0.25, 0.3) is 11.8 Å². The zero-order chi connectivity index (χ0) is 19.6. The predicted octanol–water partition coefficient (Wildman–Crippen LogP) is 1.40. The van der Waals surface area contributed by atoms with Crippen LogP contribution < -0.4 is 15.8 Å². The maximum Gasteiger partial charge on any atom is 0.339 e. The number of rotatable bonds is 5. The Labute approximate surface area is 159 Å². The number of primary amides is 1. The summed E-state index contributed by atoms with van der Waals surface area (Å²) in [5, 5.41) is 14.0. The number of esters is 1. The van der Waals surface area contributed by atoms with Crippen molar-refractivity contribution >= 4 is 34.1 Å². The number of anilines is 1. The van der Waals surface area contributed by atoms with Crippen LogP contribution in [-0.4, -0.2) is 24.4 Å². The van der Waals surface area contributed by atoms with E-state index in [-0.39, 0.29) is 5.56 Å². The Morgan fingerprint density at radius 1 is 1.37 bits per heavy atom. The number of nitrogens with zero attached hydrogens (tertiary/aromatic N) is 1. The van der Waals surface area contributed by atoms with Crippen molar-refractivity contribution < 1.29 is 23.9 Å². The number of pyridine rings is 1. The highest BCUT2D eigenvalue weighted by Gasteiger charge is 2.27. The van der Waals surface area contributed by atoms with Gasteiger partial charge in [0, 0.05) is 17.0 Å². The molecule has 27 heavy (non-hydrogen) atoms. The molecule has 9 heteroatoms. The molecule has 1 atom stereocenters. The smallest absolute Gasteiger partial charge is 0.339 e. The zero-order valence-electron chi connectivity index (χ0n) is 14.7. The molecule has 1 aliphatic rings. The normalized spacial score (nSPS) is 15.7. The molecule has 0 unspecified atom stereocenters. The predicted molar refractivity (Wildman–Crippen MR) is 98.3 cm³/mol. The van der Waals surface area contributed by atoms with E-state index in [9.17, 15) is 19.6 Å². The van der Waals surface area contributed by atoms with Crippen LogP contribution in [0.3, 0.4) is 0 Å². The quantitative estimate of drug-likeness (QED) is 0.454. The highest BCUT2D eigenvalue weighted by atomic mass is 32.1. The first-order valence-corrected chi connectivity index (χ1v) is 9.27. The Kier molecular flexibility index (Phi) is 5.41. The van der Waals surface area contributed by atoms with E-state index in [1.165, 1.54) is 23.5 Å². The molecule has 2 aromatic rings. The van der Waals surface area contributed by atoms with Crippen LogP contribution in [0.15, 0.2) is 24.5 Å². The van der Waals surface area contributed by atoms with Crippen molar-refractivity contribution in [2.75, 3.05) is 11.9 Å². The topological polar surface area (TPSA) is 125 Å². The van der Waals surface area contributed by atoms with Crippen molar-refractivity contribution in [3.63, 3.8) is 0 Å². The van der Waals surface area contributed by atoms with E-state index in [1.54, 1.807) is 0 Å². The molecule has 2 aromatic heterocycles. The standard InChI is InChI=1S/C18H19N3O5S/c1-10-2-3-12-13(8-10)27-17(15(12)16(19)23)20-14(22)9-26-18(24)11-4-6-21(25)7-5-11/h4-7,10H,2-3,8-9H2,1H3,(H2,19,23)(H,20,22)/t10-/m0/s1. The van der Waals surface area contributed by atoms with Crippen LogP contribution in [-0.2, 0) is 22.4 Å². The van der Waals surface area contributed by atoms with Gasteiger partial charge in [0.05, 0.1) is 11.1 Å². The van der Waals surface area contributed by atoms with Crippen molar-refractivity contribution in [3.05, 3.63) is 51.3 Å². The number of carbonyl (C=O) groups excluding carboxylic acids is 3. The van der Waals surface area contributed by atoms with E-state index < -0.39 is 24.4 Å². The molecular weight excluding hydrogens is 370 g/mol. The summed E-state index contributed by atoms with van der Waals surface area (Å²) in [6.45, 7) is 1.63. The maximum atomic E-state index is 12.2. The first kappa shape index (κ1) is 18.8. The van der Waals surface area contributed by atoms with E-state index in [4.69, 9.17) is 10.5 Å². The van der Waals surface area contributed by atoms with Gasteiger partial charge in [-0.25, -0.2) is 4.79 Å². The summed E-state index contributed by atoms with van der Waals surface area (Å²) in [6, 6.07) is 2.60. The van der Waals surface area contributed by atoms with Crippen LogP contribution in [0.5, 0.6) is 0 Å². The van der Waals surface area contributed by atoms with Gasteiger partial charge in [0.15, 0.2) is 19.0 Å². The van der Waals surface area contributed by atoms with E-state index in [0.29, 0.717) is 21.2 Å². The molecule has 142 valence electrons. The third kappa shape index (κ3) is 4.25. The van der Waals surface area contributed by atoms with Gasteiger partial charge in [-0.2, -0.15) is 4.73 Å². The highest BCUT2D eigenvalue weighted by molar-refractivity contribution is 7.17. The molecule has 1 aliphatic carbocycles. The summed E-state index contributed by atoms with van der Waals surface area (Å²) in [5.74, 6) is -1.35. The SMILES string of the molecule is C[C@H]1CCc2c(sc(NC(=O)COC(=O)c3cc[n+]([O-])cc3)c2C(N)=O)C1. The number of aromatic nitrogens is 1. The van der Waals surface area contributed by atoms with Gasteiger partial charge in [0.1, 0.15) is 5.00 Å². The van der Waals surface area contributed by atoms with Crippen molar-refractivity contribution in [1.82, 2.24) is 0 Å². The summed E-state index contributed by atoms with van der Waals surface area (Å²) < 4.78 is 5.48. The maximum absolute atomic E-state index is 12.2. The Balaban J connectivity index is 1.66. The van der Waals surface area contributed by atoms with Gasteiger partial charge in [0.2, 0.25) is 0 Å². The average Bonchev–Trinajstić information content (AvgIpc) is 2.97. The summed E-state index contributed by atoms with van der Waals surface area (Å²) in [6.07, 6.45) is 4.89. The lowest BCUT2D eigenvalue weighted by molar-refractivity contribution is -0.605. The van der Waals surface area contributed by atoms with E-state index in [1.807, 2.05) is 0 Å². The summed E-state index contributed by atoms with van der Waals surface area (Å²) in [4.78, 5) is 37.0. The number of ether oxygens (including phenoxy) is 1. The van der Waals surface area contributed by atoms with E-state index >= 15 is 0 Å². The van der Waals surface area contributed by atoms with Gasteiger partial charge in [-0.05, 0) is 30.7 Å². The molecular formula is C18H19N3O5S. The van der Waals surface area contributed by atoms with Gasteiger partial charge < -0.3 is 21.0 Å². The van der Waals surface area contributed by atoms with Gasteiger partial charge in [-0.15, -0.1) is 11.3 Å². The number of hydrogen-bond donors (Lipinski definition) is 2. The Morgan fingerprint density at radius 2 is 2.07 bits per heavy atom. The molecule has 0 saturated carbocycles. The van der Waals surface area contributed by atoms with Gasteiger partial charge in [-0.1, -0.05) is 6.92 Å². The molecule has 0 spiro atoms. The van der Waals surface area contributed by atoms with E-state index in [2.05, 4.69) is 12.2 Å². The lowest BCUT2D eigenvalue weighted by atomic mass is 9.88. The number of nitrogens with two attached hydrogens (primary N) is 1. The number of nitrogens with one attached hydrogen (secondary N) is 1. The molecule has 8 nitrogen and oxygen atoms in total. The Morgan fingerprint density at radius 3 is 2.74 bits per heavy atom. The minimum Gasteiger partial charge on any atom is -0.619 e. The van der Waals surface area contributed by atoms with Crippen LogP contribution in [0.2, 0.25) is 0 Å². The molecule has 0 fully saturated rings. The lowest BCUT2D eigenvalue weighted by Crippen LogP contribution is -2.25. The van der Waals surface area contributed by atoms with Crippen molar-refractivity contribution in [3.8, 4) is 0 Å². The Bertz CT molecular complexity index is 891. The molecule has 3 rings (SSSR count). The molecule has 0 aliphatic heterocycles. The number of amides is 2.